The zero-order valence-corrected chi connectivity index (χ0v) is 12.1. The van der Waals surface area contributed by atoms with Crippen LogP contribution in [0, 0.1) is 5.92 Å². The van der Waals surface area contributed by atoms with Gasteiger partial charge in [0.15, 0.2) is 0 Å². The van der Waals surface area contributed by atoms with Crippen LogP contribution in [0.1, 0.15) is 4.88 Å². The lowest BCUT2D eigenvalue weighted by atomic mass is 10.1. The van der Waals surface area contributed by atoms with Gasteiger partial charge in [0.25, 0.3) is 0 Å². The predicted octanol–water partition coefficient (Wildman–Crippen LogP) is 1.54. The molecule has 2 aromatic heterocycles. The molecule has 1 aliphatic heterocycles. The van der Waals surface area contributed by atoms with Crippen LogP contribution < -0.4 is 10.6 Å². The SMILES string of the molecule is OC1CNCC1CNCc1cnc(-c2cccs2)s1. The second kappa shape index (κ2) is 6.11. The van der Waals surface area contributed by atoms with E-state index in [0.29, 0.717) is 5.92 Å². The Balaban J connectivity index is 1.50. The molecule has 1 fully saturated rings. The van der Waals surface area contributed by atoms with Gasteiger partial charge in [0, 0.05) is 43.2 Å². The number of aromatic nitrogens is 1. The number of thiophene rings is 1. The highest BCUT2D eigenvalue weighted by molar-refractivity contribution is 7.20. The zero-order valence-electron chi connectivity index (χ0n) is 10.5. The summed E-state index contributed by atoms with van der Waals surface area (Å²) in [4.78, 5) is 6.92. The Morgan fingerprint density at radius 1 is 1.47 bits per heavy atom. The fraction of sp³-hybridized carbons (Fsp3) is 0.462. The van der Waals surface area contributed by atoms with Crippen LogP contribution in [0.4, 0.5) is 0 Å². The van der Waals surface area contributed by atoms with E-state index in [-0.39, 0.29) is 6.10 Å². The lowest BCUT2D eigenvalue weighted by Gasteiger charge is -2.13. The Kier molecular flexibility index (Phi) is 4.24. The van der Waals surface area contributed by atoms with Crippen molar-refractivity contribution in [3.8, 4) is 9.88 Å². The Hall–Kier alpha value is -0.790. The fourth-order valence-corrected chi connectivity index (χ4v) is 3.90. The van der Waals surface area contributed by atoms with Gasteiger partial charge < -0.3 is 15.7 Å². The number of thiazole rings is 1. The van der Waals surface area contributed by atoms with Crippen LogP contribution in [0.2, 0.25) is 0 Å². The summed E-state index contributed by atoms with van der Waals surface area (Å²) in [6, 6.07) is 4.15. The Bertz CT molecular complexity index is 512. The molecule has 3 heterocycles. The van der Waals surface area contributed by atoms with Gasteiger partial charge >= 0.3 is 0 Å². The second-order valence-electron chi connectivity index (χ2n) is 4.73. The summed E-state index contributed by atoms with van der Waals surface area (Å²) < 4.78 is 0. The number of hydrogen-bond donors (Lipinski definition) is 3. The molecule has 3 rings (SSSR count). The first kappa shape index (κ1) is 13.2. The maximum Gasteiger partial charge on any atom is 0.133 e. The van der Waals surface area contributed by atoms with Crippen molar-refractivity contribution in [3.63, 3.8) is 0 Å². The summed E-state index contributed by atoms with van der Waals surface area (Å²) in [5.74, 6) is 0.324. The molecule has 2 atom stereocenters. The van der Waals surface area contributed by atoms with Gasteiger partial charge in [-0.05, 0) is 11.4 Å². The molecule has 4 nitrogen and oxygen atoms in total. The Morgan fingerprint density at radius 2 is 2.42 bits per heavy atom. The summed E-state index contributed by atoms with van der Waals surface area (Å²) in [6.07, 6.45) is 1.73. The van der Waals surface area contributed by atoms with Crippen molar-refractivity contribution >= 4 is 22.7 Å². The van der Waals surface area contributed by atoms with Gasteiger partial charge in [-0.25, -0.2) is 4.98 Å². The van der Waals surface area contributed by atoms with Gasteiger partial charge in [0.1, 0.15) is 5.01 Å². The minimum Gasteiger partial charge on any atom is -0.391 e. The van der Waals surface area contributed by atoms with Crippen LogP contribution >= 0.6 is 22.7 Å². The first-order valence-corrected chi connectivity index (χ1v) is 8.10. The number of β-amino-alcohol motifs (C(OH)–C–C–N with tert-alkyl or cyclic N) is 1. The highest BCUT2D eigenvalue weighted by Crippen LogP contribution is 2.28. The monoisotopic (exact) mass is 295 g/mol. The van der Waals surface area contributed by atoms with Crippen LogP contribution in [-0.4, -0.2) is 35.8 Å². The smallest absolute Gasteiger partial charge is 0.133 e. The van der Waals surface area contributed by atoms with Crippen LogP contribution in [-0.2, 0) is 6.54 Å². The topological polar surface area (TPSA) is 57.2 Å². The molecule has 0 aliphatic carbocycles. The second-order valence-corrected chi connectivity index (χ2v) is 6.79. The van der Waals surface area contributed by atoms with Crippen LogP contribution in [0.5, 0.6) is 0 Å². The lowest BCUT2D eigenvalue weighted by molar-refractivity contribution is 0.146. The van der Waals surface area contributed by atoms with Crippen LogP contribution in [0.3, 0.4) is 0 Å². The van der Waals surface area contributed by atoms with E-state index in [2.05, 4.69) is 27.1 Å². The first-order chi connectivity index (χ1) is 9.33. The molecule has 0 saturated carbocycles. The van der Waals surface area contributed by atoms with E-state index in [1.54, 1.807) is 22.7 Å². The minimum absolute atomic E-state index is 0.212. The molecule has 19 heavy (non-hydrogen) atoms. The van der Waals surface area contributed by atoms with Crippen molar-refractivity contribution in [2.24, 2.45) is 5.92 Å². The van der Waals surface area contributed by atoms with Crippen molar-refractivity contribution in [1.82, 2.24) is 15.6 Å². The molecule has 1 saturated heterocycles. The van der Waals surface area contributed by atoms with Gasteiger partial charge in [-0.3, -0.25) is 0 Å². The maximum absolute atomic E-state index is 9.70. The first-order valence-electron chi connectivity index (χ1n) is 6.41. The maximum atomic E-state index is 9.70. The Labute approximate surface area is 120 Å². The summed E-state index contributed by atoms with van der Waals surface area (Å²) in [6.45, 7) is 3.29. The lowest BCUT2D eigenvalue weighted by Crippen LogP contribution is -2.29. The molecule has 2 aromatic rings. The average molecular weight is 295 g/mol. The van der Waals surface area contributed by atoms with Gasteiger partial charge in [0.2, 0.25) is 0 Å². The molecule has 0 amide bonds. The number of nitrogens with zero attached hydrogens (tertiary/aromatic N) is 1. The van der Waals surface area contributed by atoms with E-state index in [1.807, 2.05) is 12.3 Å². The van der Waals surface area contributed by atoms with Crippen molar-refractivity contribution in [2.75, 3.05) is 19.6 Å². The van der Waals surface area contributed by atoms with Gasteiger partial charge in [-0.1, -0.05) is 6.07 Å². The number of aliphatic hydroxyl groups is 1. The van der Waals surface area contributed by atoms with Gasteiger partial charge in [-0.15, -0.1) is 22.7 Å². The largest absolute Gasteiger partial charge is 0.391 e. The number of hydrogen-bond acceptors (Lipinski definition) is 6. The van der Waals surface area contributed by atoms with Crippen molar-refractivity contribution in [3.05, 3.63) is 28.6 Å². The highest BCUT2D eigenvalue weighted by Gasteiger charge is 2.24. The van der Waals surface area contributed by atoms with E-state index in [1.165, 1.54) is 9.75 Å². The number of rotatable bonds is 5. The Morgan fingerprint density at radius 3 is 3.16 bits per heavy atom. The molecule has 0 spiro atoms. The van der Waals surface area contributed by atoms with Gasteiger partial charge in [-0.2, -0.15) is 0 Å². The van der Waals surface area contributed by atoms with Crippen molar-refractivity contribution < 1.29 is 5.11 Å². The molecule has 0 aromatic carbocycles. The van der Waals surface area contributed by atoms with Crippen molar-refractivity contribution in [1.29, 1.82) is 0 Å². The molecular formula is C13H17N3OS2. The van der Waals surface area contributed by atoms with Crippen LogP contribution in [0.15, 0.2) is 23.7 Å². The molecule has 2 unspecified atom stereocenters. The third-order valence-corrected chi connectivity index (χ3v) is 5.33. The van der Waals surface area contributed by atoms with E-state index >= 15 is 0 Å². The molecule has 1 aliphatic rings. The highest BCUT2D eigenvalue weighted by atomic mass is 32.1. The standard InChI is InChI=1S/C13H17N3OS2/c17-11-8-15-5-9(11)4-14-6-10-7-16-13(19-10)12-2-1-3-18-12/h1-3,7,9,11,14-15,17H,4-6,8H2. The molecule has 6 heteroatoms. The summed E-state index contributed by atoms with van der Waals surface area (Å²) in [5.41, 5.74) is 0. The molecular weight excluding hydrogens is 278 g/mol. The van der Waals surface area contributed by atoms with E-state index in [9.17, 15) is 5.11 Å². The molecule has 0 radical (unpaired) electrons. The van der Waals surface area contributed by atoms with Crippen LogP contribution in [0.25, 0.3) is 9.88 Å². The summed E-state index contributed by atoms with van der Waals surface area (Å²) >= 11 is 3.45. The molecule has 3 N–H and O–H groups in total. The third kappa shape index (κ3) is 3.21. The van der Waals surface area contributed by atoms with E-state index < -0.39 is 0 Å². The van der Waals surface area contributed by atoms with E-state index in [0.717, 1.165) is 31.2 Å². The zero-order chi connectivity index (χ0) is 13.1. The third-order valence-electron chi connectivity index (χ3n) is 3.30. The minimum atomic E-state index is -0.212. The normalized spacial score (nSPS) is 23.0. The van der Waals surface area contributed by atoms with Gasteiger partial charge in [0.05, 0.1) is 11.0 Å². The predicted molar refractivity (Wildman–Crippen MR) is 79.5 cm³/mol. The number of nitrogens with one attached hydrogen (secondary N) is 2. The van der Waals surface area contributed by atoms with E-state index in [4.69, 9.17) is 0 Å². The quantitative estimate of drug-likeness (QED) is 0.783. The fourth-order valence-electron chi connectivity index (χ4n) is 2.21. The number of aliphatic hydroxyl groups excluding tert-OH is 1. The summed E-state index contributed by atoms with van der Waals surface area (Å²) in [7, 11) is 0. The summed E-state index contributed by atoms with van der Waals surface area (Å²) in [5, 5.41) is 19.5. The average Bonchev–Trinajstić information content (AvgIpc) is 3.11. The molecule has 0 bridgehead atoms. The molecule has 102 valence electrons. The van der Waals surface area contributed by atoms with Crippen molar-refractivity contribution in [2.45, 2.75) is 12.6 Å².